The highest BCUT2D eigenvalue weighted by molar-refractivity contribution is 9.11. The van der Waals surface area contributed by atoms with Gasteiger partial charge in [-0.3, -0.25) is 0 Å². The second-order valence-corrected chi connectivity index (χ2v) is 6.14. The molecule has 2 aromatic carbocycles. The predicted molar refractivity (Wildman–Crippen MR) is 92.7 cm³/mol. The van der Waals surface area contributed by atoms with Crippen LogP contribution in [-0.4, -0.2) is 24.8 Å². The molecule has 3 rings (SSSR count). The molecule has 0 N–H and O–H groups in total. The second kappa shape index (κ2) is 6.54. The second-order valence-electron chi connectivity index (χ2n) is 4.43. The Labute approximate surface area is 140 Å². The molecule has 0 spiro atoms. The number of para-hydroxylation sites is 1. The first kappa shape index (κ1) is 14.5. The summed E-state index contributed by atoms with van der Waals surface area (Å²) in [6, 6.07) is 15.8. The fourth-order valence-corrected chi connectivity index (χ4v) is 3.19. The third-order valence-corrected chi connectivity index (χ3v) is 4.28. The van der Waals surface area contributed by atoms with E-state index in [2.05, 4.69) is 36.9 Å². The minimum absolute atomic E-state index is 0.601. The molecular formula is C16H12Br2N2O. The van der Waals surface area contributed by atoms with Crippen LogP contribution in [0.4, 0.5) is 5.69 Å². The molecule has 0 saturated carbocycles. The van der Waals surface area contributed by atoms with Crippen LogP contribution < -0.4 is 0 Å². The zero-order chi connectivity index (χ0) is 14.7. The Kier molecular flexibility index (Phi) is 4.51. The molecule has 0 saturated heterocycles. The summed E-state index contributed by atoms with van der Waals surface area (Å²) >= 11 is 7.08. The highest BCUT2D eigenvalue weighted by Gasteiger charge is 2.18. The van der Waals surface area contributed by atoms with Crippen molar-refractivity contribution in [2.24, 2.45) is 9.98 Å². The van der Waals surface area contributed by atoms with Gasteiger partial charge in [-0.25, -0.2) is 9.98 Å². The molecule has 5 heteroatoms. The topological polar surface area (TPSA) is 34.0 Å². The molecule has 0 aromatic heterocycles. The minimum Gasteiger partial charge on any atom is -0.474 e. The van der Waals surface area contributed by atoms with E-state index in [0.29, 0.717) is 19.0 Å². The first-order valence-electron chi connectivity index (χ1n) is 6.51. The zero-order valence-electron chi connectivity index (χ0n) is 11.1. The number of nitrogens with zero attached hydrogens (tertiary/aromatic N) is 2. The monoisotopic (exact) mass is 406 g/mol. The number of rotatable bonds is 3. The maximum atomic E-state index is 5.61. The van der Waals surface area contributed by atoms with Gasteiger partial charge >= 0.3 is 0 Å². The Balaban J connectivity index is 2.13. The molecule has 0 atom stereocenters. The van der Waals surface area contributed by atoms with E-state index in [1.54, 1.807) is 0 Å². The van der Waals surface area contributed by atoms with Crippen molar-refractivity contribution in [3.8, 4) is 0 Å². The molecule has 0 amide bonds. The van der Waals surface area contributed by atoms with Crippen molar-refractivity contribution in [2.45, 2.75) is 0 Å². The highest BCUT2D eigenvalue weighted by atomic mass is 79.9. The Morgan fingerprint density at radius 3 is 2.33 bits per heavy atom. The standard InChI is InChI=1S/C16H12Br2N2O/c17-12-7-4-8-13(18)15(12)20-14(16-19-9-10-21-16)11-5-2-1-3-6-11/h1-8H,9-10H2/b20-14+. The van der Waals surface area contributed by atoms with E-state index in [1.807, 2.05) is 48.5 Å². The summed E-state index contributed by atoms with van der Waals surface area (Å²) in [5, 5.41) is 0. The van der Waals surface area contributed by atoms with E-state index in [-0.39, 0.29) is 0 Å². The van der Waals surface area contributed by atoms with Crippen LogP contribution in [0.25, 0.3) is 0 Å². The van der Waals surface area contributed by atoms with Crippen LogP contribution in [0.5, 0.6) is 0 Å². The number of aliphatic imine (C=N–C) groups is 2. The number of benzene rings is 2. The van der Waals surface area contributed by atoms with E-state index in [0.717, 1.165) is 25.9 Å². The van der Waals surface area contributed by atoms with Crippen LogP contribution in [0, 0.1) is 0 Å². The van der Waals surface area contributed by atoms with Gasteiger partial charge in [0.15, 0.2) is 0 Å². The quantitative estimate of drug-likeness (QED) is 0.675. The molecule has 0 bridgehead atoms. The molecular weight excluding hydrogens is 396 g/mol. The van der Waals surface area contributed by atoms with E-state index in [1.165, 1.54) is 0 Å². The van der Waals surface area contributed by atoms with Crippen molar-refractivity contribution in [1.82, 2.24) is 0 Å². The molecule has 0 fully saturated rings. The number of hydrogen-bond donors (Lipinski definition) is 0. The molecule has 1 aliphatic heterocycles. The van der Waals surface area contributed by atoms with Crippen LogP contribution in [0.15, 0.2) is 67.5 Å². The van der Waals surface area contributed by atoms with E-state index in [4.69, 9.17) is 9.73 Å². The molecule has 0 radical (unpaired) electrons. The average Bonchev–Trinajstić information content (AvgIpc) is 3.02. The summed E-state index contributed by atoms with van der Waals surface area (Å²) in [5.41, 5.74) is 2.57. The summed E-state index contributed by atoms with van der Waals surface area (Å²) in [4.78, 5) is 9.18. The predicted octanol–water partition coefficient (Wildman–Crippen LogP) is 4.76. The highest BCUT2D eigenvalue weighted by Crippen LogP contribution is 2.34. The lowest BCUT2D eigenvalue weighted by Crippen LogP contribution is -2.15. The molecule has 106 valence electrons. The largest absolute Gasteiger partial charge is 0.474 e. The summed E-state index contributed by atoms with van der Waals surface area (Å²) in [5.74, 6) is 0.601. The molecule has 1 heterocycles. The van der Waals surface area contributed by atoms with E-state index >= 15 is 0 Å². The van der Waals surface area contributed by atoms with Gasteiger partial charge in [-0.05, 0) is 44.0 Å². The third-order valence-electron chi connectivity index (χ3n) is 3.00. The van der Waals surface area contributed by atoms with Gasteiger partial charge in [-0.1, -0.05) is 36.4 Å². The average molecular weight is 408 g/mol. The van der Waals surface area contributed by atoms with Crippen LogP contribution in [0.1, 0.15) is 5.56 Å². The van der Waals surface area contributed by atoms with Gasteiger partial charge in [-0.15, -0.1) is 0 Å². The maximum absolute atomic E-state index is 5.61. The lowest BCUT2D eigenvalue weighted by molar-refractivity contribution is 0.353. The van der Waals surface area contributed by atoms with Gasteiger partial charge in [0.1, 0.15) is 12.3 Å². The summed E-state index contributed by atoms with van der Waals surface area (Å²) in [6.07, 6.45) is 0. The fourth-order valence-electron chi connectivity index (χ4n) is 2.02. The minimum atomic E-state index is 0.601. The number of ether oxygens (including phenoxy) is 1. The first-order chi connectivity index (χ1) is 10.3. The van der Waals surface area contributed by atoms with Crippen molar-refractivity contribution in [1.29, 1.82) is 0 Å². The van der Waals surface area contributed by atoms with E-state index < -0.39 is 0 Å². The van der Waals surface area contributed by atoms with Crippen LogP contribution in [-0.2, 0) is 4.74 Å². The molecule has 0 aliphatic carbocycles. The third kappa shape index (κ3) is 3.24. The van der Waals surface area contributed by atoms with Gasteiger partial charge in [0.05, 0.1) is 12.2 Å². The van der Waals surface area contributed by atoms with Gasteiger partial charge in [0.25, 0.3) is 0 Å². The summed E-state index contributed by atoms with van der Waals surface area (Å²) < 4.78 is 7.45. The maximum Gasteiger partial charge on any atom is 0.236 e. The first-order valence-corrected chi connectivity index (χ1v) is 8.10. The Morgan fingerprint density at radius 2 is 1.71 bits per heavy atom. The summed E-state index contributed by atoms with van der Waals surface area (Å²) in [6.45, 7) is 1.29. The van der Waals surface area contributed by atoms with Crippen LogP contribution >= 0.6 is 31.9 Å². The SMILES string of the molecule is Brc1cccc(Br)c1/N=C(/C1=NCCO1)c1ccccc1. The van der Waals surface area contributed by atoms with Crippen molar-refractivity contribution < 1.29 is 4.74 Å². The molecule has 0 unspecified atom stereocenters. The van der Waals surface area contributed by atoms with Crippen molar-refractivity contribution in [2.75, 3.05) is 13.2 Å². The van der Waals surface area contributed by atoms with Crippen LogP contribution in [0.3, 0.4) is 0 Å². The molecule has 2 aromatic rings. The Morgan fingerprint density at radius 1 is 1.00 bits per heavy atom. The smallest absolute Gasteiger partial charge is 0.236 e. The van der Waals surface area contributed by atoms with Crippen molar-refractivity contribution in [3.05, 3.63) is 63.0 Å². The fraction of sp³-hybridized carbons (Fsp3) is 0.125. The van der Waals surface area contributed by atoms with Gasteiger partial charge in [0, 0.05) is 14.5 Å². The summed E-state index contributed by atoms with van der Waals surface area (Å²) in [7, 11) is 0. The number of halogens is 2. The van der Waals surface area contributed by atoms with Crippen LogP contribution in [0.2, 0.25) is 0 Å². The van der Waals surface area contributed by atoms with Crippen molar-refractivity contribution >= 4 is 49.2 Å². The lowest BCUT2D eigenvalue weighted by Gasteiger charge is -2.09. The zero-order valence-corrected chi connectivity index (χ0v) is 14.3. The van der Waals surface area contributed by atoms with Gasteiger partial charge in [0.2, 0.25) is 5.90 Å². The molecule has 3 nitrogen and oxygen atoms in total. The molecule has 1 aliphatic rings. The van der Waals surface area contributed by atoms with Gasteiger partial charge in [-0.2, -0.15) is 0 Å². The van der Waals surface area contributed by atoms with Gasteiger partial charge < -0.3 is 4.74 Å². The lowest BCUT2D eigenvalue weighted by atomic mass is 10.1. The number of hydrogen-bond acceptors (Lipinski definition) is 3. The normalized spacial score (nSPS) is 14.8. The Bertz CT molecular complexity index is 691. The molecule has 21 heavy (non-hydrogen) atoms. The van der Waals surface area contributed by atoms with Crippen molar-refractivity contribution in [3.63, 3.8) is 0 Å². The Hall–Kier alpha value is -1.46. The van der Waals surface area contributed by atoms with E-state index in [9.17, 15) is 0 Å².